The monoisotopic (exact) mass is 265 g/mol. The van der Waals surface area contributed by atoms with Crippen molar-refractivity contribution in [3.05, 3.63) is 33.1 Å². The first-order valence-electron chi connectivity index (χ1n) is 5.41. The predicted octanol–water partition coefficient (Wildman–Crippen LogP) is 0.482. The van der Waals surface area contributed by atoms with E-state index in [0.29, 0.717) is 6.42 Å². The summed E-state index contributed by atoms with van der Waals surface area (Å²) in [6, 6.07) is -1.35. The summed E-state index contributed by atoms with van der Waals surface area (Å²) in [5.74, 6) is 0. The lowest BCUT2D eigenvalue weighted by Crippen LogP contribution is -2.48. The van der Waals surface area contributed by atoms with Crippen LogP contribution >= 0.6 is 0 Å². The fraction of sp³-hybridized carbons (Fsp3) is 0.600. The second kappa shape index (κ2) is 5.38. The highest BCUT2D eigenvalue weighted by Crippen LogP contribution is 2.27. The van der Waals surface area contributed by atoms with Gasteiger partial charge in [0.05, 0.1) is 0 Å². The zero-order chi connectivity index (χ0) is 13.9. The number of nitrogens with zero attached hydrogens (tertiary/aromatic N) is 2. The van der Waals surface area contributed by atoms with E-state index in [1.54, 1.807) is 6.92 Å². The van der Waals surface area contributed by atoms with Crippen molar-refractivity contribution in [2.24, 2.45) is 5.73 Å². The van der Waals surface area contributed by atoms with Gasteiger partial charge in [0.2, 0.25) is 0 Å². The third-order valence-corrected chi connectivity index (χ3v) is 2.46. The molecule has 1 aromatic rings. The van der Waals surface area contributed by atoms with Crippen LogP contribution in [0.3, 0.4) is 0 Å². The van der Waals surface area contributed by atoms with Gasteiger partial charge in [-0.3, -0.25) is 4.79 Å². The first-order chi connectivity index (χ1) is 8.32. The number of hydrogen-bond acceptors (Lipinski definition) is 3. The lowest BCUT2D eigenvalue weighted by molar-refractivity contribution is -0.166. The maximum atomic E-state index is 12.7. The highest BCUT2D eigenvalue weighted by Gasteiger charge is 2.41. The standard InChI is InChI=1S/C10H14F3N3O2/c1-2-4-15-5-3-8(17)16(9(15)18)7(6-14)10(11,12)13/h3,5,7H,2,4,6,14H2,1H3. The minimum absolute atomic E-state index is 0.162. The molecule has 5 nitrogen and oxygen atoms in total. The fourth-order valence-corrected chi connectivity index (χ4v) is 1.61. The molecule has 0 spiro atoms. The molecule has 0 aliphatic rings. The van der Waals surface area contributed by atoms with Crippen LogP contribution < -0.4 is 17.0 Å². The quantitative estimate of drug-likeness (QED) is 0.861. The second-order valence-corrected chi connectivity index (χ2v) is 3.79. The van der Waals surface area contributed by atoms with Crippen molar-refractivity contribution in [1.29, 1.82) is 0 Å². The Bertz CT molecular complexity index is 518. The van der Waals surface area contributed by atoms with Crippen LogP contribution in [0.1, 0.15) is 19.4 Å². The van der Waals surface area contributed by atoms with Crippen LogP contribution in [0, 0.1) is 0 Å². The first kappa shape index (κ1) is 14.5. The summed E-state index contributed by atoms with van der Waals surface area (Å²) in [7, 11) is 0. The zero-order valence-corrected chi connectivity index (χ0v) is 9.78. The number of alkyl halides is 3. The second-order valence-electron chi connectivity index (χ2n) is 3.79. The van der Waals surface area contributed by atoms with Crippen molar-refractivity contribution in [2.75, 3.05) is 6.54 Å². The van der Waals surface area contributed by atoms with Crippen LogP contribution in [0.15, 0.2) is 21.9 Å². The van der Waals surface area contributed by atoms with Gasteiger partial charge in [-0.25, -0.2) is 9.36 Å². The van der Waals surface area contributed by atoms with Gasteiger partial charge in [0.1, 0.15) is 6.04 Å². The van der Waals surface area contributed by atoms with Crippen LogP contribution in [0.4, 0.5) is 13.2 Å². The molecule has 102 valence electrons. The Kier molecular flexibility index (Phi) is 4.33. The summed E-state index contributed by atoms with van der Waals surface area (Å²) in [6.45, 7) is 1.16. The van der Waals surface area contributed by atoms with E-state index < -0.39 is 30.0 Å². The van der Waals surface area contributed by atoms with Crippen molar-refractivity contribution >= 4 is 0 Å². The Morgan fingerprint density at radius 1 is 1.39 bits per heavy atom. The molecule has 0 bridgehead atoms. The molecule has 0 amide bonds. The molecular weight excluding hydrogens is 251 g/mol. The van der Waals surface area contributed by atoms with Gasteiger partial charge in [-0.1, -0.05) is 6.92 Å². The van der Waals surface area contributed by atoms with E-state index >= 15 is 0 Å². The Morgan fingerprint density at radius 2 is 2.00 bits per heavy atom. The molecule has 0 radical (unpaired) electrons. The molecule has 1 unspecified atom stereocenters. The fourth-order valence-electron chi connectivity index (χ4n) is 1.61. The number of aromatic nitrogens is 2. The number of nitrogens with two attached hydrogens (primary N) is 1. The van der Waals surface area contributed by atoms with Crippen LogP contribution in [-0.4, -0.2) is 21.9 Å². The van der Waals surface area contributed by atoms with Gasteiger partial charge in [-0.15, -0.1) is 0 Å². The summed E-state index contributed by atoms with van der Waals surface area (Å²) < 4.78 is 39.3. The highest BCUT2D eigenvalue weighted by atomic mass is 19.4. The van der Waals surface area contributed by atoms with E-state index in [2.05, 4.69) is 0 Å². The SMILES string of the molecule is CCCn1ccc(=O)n(C(CN)C(F)(F)F)c1=O. The van der Waals surface area contributed by atoms with Gasteiger partial charge in [-0.05, 0) is 6.42 Å². The zero-order valence-electron chi connectivity index (χ0n) is 9.78. The van der Waals surface area contributed by atoms with Gasteiger partial charge >= 0.3 is 11.9 Å². The molecule has 18 heavy (non-hydrogen) atoms. The summed E-state index contributed by atoms with van der Waals surface area (Å²) in [5, 5.41) is 0. The van der Waals surface area contributed by atoms with Crippen LogP contribution in [0.5, 0.6) is 0 Å². The highest BCUT2D eigenvalue weighted by molar-refractivity contribution is 4.91. The maximum Gasteiger partial charge on any atom is 0.410 e. The van der Waals surface area contributed by atoms with Crippen molar-refractivity contribution in [2.45, 2.75) is 32.1 Å². The predicted molar refractivity (Wildman–Crippen MR) is 59.4 cm³/mol. The first-order valence-corrected chi connectivity index (χ1v) is 5.41. The number of hydrogen-bond donors (Lipinski definition) is 1. The van der Waals surface area contributed by atoms with Crippen molar-refractivity contribution < 1.29 is 13.2 Å². The smallest absolute Gasteiger partial charge is 0.328 e. The summed E-state index contributed by atoms with van der Waals surface area (Å²) >= 11 is 0. The van der Waals surface area contributed by atoms with Gasteiger partial charge in [0, 0.05) is 25.4 Å². The molecule has 0 aliphatic carbocycles. The minimum Gasteiger partial charge on any atom is -0.328 e. The van der Waals surface area contributed by atoms with E-state index in [9.17, 15) is 22.8 Å². The molecule has 1 atom stereocenters. The van der Waals surface area contributed by atoms with Crippen molar-refractivity contribution in [3.63, 3.8) is 0 Å². The topological polar surface area (TPSA) is 70.0 Å². The van der Waals surface area contributed by atoms with Crippen molar-refractivity contribution in [1.82, 2.24) is 9.13 Å². The Morgan fingerprint density at radius 3 is 2.44 bits per heavy atom. The number of aryl methyl sites for hydroxylation is 1. The molecule has 2 N–H and O–H groups in total. The lowest BCUT2D eigenvalue weighted by atomic mass is 10.3. The lowest BCUT2D eigenvalue weighted by Gasteiger charge is -2.20. The third kappa shape index (κ3) is 2.81. The van der Waals surface area contributed by atoms with Gasteiger partial charge in [0.25, 0.3) is 5.56 Å². The number of rotatable bonds is 4. The minimum atomic E-state index is -4.73. The average Bonchev–Trinajstić information content (AvgIpc) is 2.26. The van der Waals surface area contributed by atoms with Crippen LogP contribution in [0.2, 0.25) is 0 Å². The van der Waals surface area contributed by atoms with E-state index in [1.807, 2.05) is 0 Å². The van der Waals surface area contributed by atoms with E-state index in [1.165, 1.54) is 6.20 Å². The summed E-state index contributed by atoms with van der Waals surface area (Å²) in [4.78, 5) is 23.2. The van der Waals surface area contributed by atoms with E-state index in [4.69, 9.17) is 5.73 Å². The van der Waals surface area contributed by atoms with Gasteiger partial charge < -0.3 is 10.3 Å². The summed E-state index contributed by atoms with van der Waals surface area (Å²) in [6.07, 6.45) is -2.98. The van der Waals surface area contributed by atoms with Gasteiger partial charge in [0.15, 0.2) is 0 Å². The molecule has 0 fully saturated rings. The third-order valence-electron chi connectivity index (χ3n) is 2.46. The van der Waals surface area contributed by atoms with Crippen LogP contribution in [0.25, 0.3) is 0 Å². The van der Waals surface area contributed by atoms with E-state index in [0.717, 1.165) is 10.6 Å². The molecule has 0 aliphatic heterocycles. The Hall–Kier alpha value is -1.57. The Balaban J connectivity index is 3.43. The molecule has 1 rings (SSSR count). The normalized spacial score (nSPS) is 13.6. The largest absolute Gasteiger partial charge is 0.410 e. The molecule has 1 heterocycles. The molecule has 8 heteroatoms. The van der Waals surface area contributed by atoms with Gasteiger partial charge in [-0.2, -0.15) is 13.2 Å². The van der Waals surface area contributed by atoms with Crippen LogP contribution in [-0.2, 0) is 6.54 Å². The maximum absolute atomic E-state index is 12.7. The van der Waals surface area contributed by atoms with Crippen molar-refractivity contribution in [3.8, 4) is 0 Å². The molecule has 0 aromatic carbocycles. The molecular formula is C10H14F3N3O2. The number of halogens is 3. The average molecular weight is 265 g/mol. The Labute approximate surface area is 101 Å². The van der Waals surface area contributed by atoms with E-state index in [-0.39, 0.29) is 11.1 Å². The molecule has 1 aromatic heterocycles. The molecule has 0 saturated heterocycles. The summed E-state index contributed by atoms with van der Waals surface area (Å²) in [5.41, 5.74) is 3.04. The molecule has 0 saturated carbocycles.